The van der Waals surface area contributed by atoms with Crippen LogP contribution in [0.25, 0.3) is 49.2 Å². The molecule has 1 aliphatic rings. The number of fused-ring (bicyclic) bond motifs is 7. The predicted octanol–water partition coefficient (Wildman–Crippen LogP) is 12.0. The van der Waals surface area contributed by atoms with Crippen LogP contribution in [-0.4, -0.2) is 14.5 Å². The Morgan fingerprint density at radius 2 is 1.39 bits per heavy atom. The van der Waals surface area contributed by atoms with Gasteiger partial charge in [0.1, 0.15) is 5.82 Å². The van der Waals surface area contributed by atoms with Gasteiger partial charge in [-0.25, -0.2) is 4.98 Å². The maximum atomic E-state index is 6.54. The zero-order valence-electron chi connectivity index (χ0n) is 29.9. The Hall–Kier alpha value is -5.97. The number of hydrogen-bond acceptors (Lipinski definition) is 5. The number of hydrogen-bond donors (Lipinski definition) is 0. The molecule has 4 heterocycles. The summed E-state index contributed by atoms with van der Waals surface area (Å²) < 4.78 is 8.72. The minimum Gasteiger partial charge on any atom is -0.509 e. The summed E-state index contributed by atoms with van der Waals surface area (Å²) in [5, 5.41) is 7.07. The van der Waals surface area contributed by atoms with E-state index in [1.807, 2.05) is 48.9 Å². The van der Waals surface area contributed by atoms with Gasteiger partial charge in [0.15, 0.2) is 0 Å². The minimum atomic E-state index is -0.0140. The first-order chi connectivity index (χ1) is 25.9. The second-order valence-electron chi connectivity index (χ2n) is 14.5. The van der Waals surface area contributed by atoms with Gasteiger partial charge >= 0.3 is 0 Å². The molecule has 6 aromatic carbocycles. The molecule has 0 saturated heterocycles. The van der Waals surface area contributed by atoms with Crippen LogP contribution in [0.5, 0.6) is 11.5 Å². The van der Waals surface area contributed by atoms with Crippen LogP contribution in [0.1, 0.15) is 26.3 Å². The molecule has 0 amide bonds. The first-order valence-electron chi connectivity index (χ1n) is 17.8. The van der Waals surface area contributed by atoms with Crippen molar-refractivity contribution in [3.63, 3.8) is 0 Å². The van der Waals surface area contributed by atoms with E-state index in [1.54, 1.807) is 0 Å². The Bertz CT molecular complexity index is 2870. The van der Waals surface area contributed by atoms with Crippen molar-refractivity contribution in [1.82, 2.24) is 14.5 Å². The molecule has 0 atom stereocenters. The largest absolute Gasteiger partial charge is 0.509 e. The van der Waals surface area contributed by atoms with Crippen molar-refractivity contribution in [1.29, 1.82) is 0 Å². The fourth-order valence-corrected chi connectivity index (χ4v) is 7.56. The first-order valence-corrected chi connectivity index (χ1v) is 17.8. The number of anilines is 4. The van der Waals surface area contributed by atoms with Crippen molar-refractivity contribution in [2.24, 2.45) is 0 Å². The average Bonchev–Trinajstić information content (AvgIpc) is 3.73. The van der Waals surface area contributed by atoms with Crippen LogP contribution < -0.4 is 14.5 Å². The Kier molecular flexibility index (Phi) is 8.24. The molecule has 0 saturated carbocycles. The maximum Gasteiger partial charge on any atom is 0.135 e. The zero-order valence-corrected chi connectivity index (χ0v) is 32.2. The summed E-state index contributed by atoms with van der Waals surface area (Å²) >= 11 is 0. The smallest absolute Gasteiger partial charge is 0.135 e. The molecule has 3 aromatic heterocycles. The molecular weight excluding hydrogens is 846 g/mol. The molecule has 0 spiro atoms. The molecule has 0 fully saturated rings. The van der Waals surface area contributed by atoms with Gasteiger partial charge in [-0.05, 0) is 62.9 Å². The maximum absolute atomic E-state index is 6.54. The third kappa shape index (κ3) is 5.61. The molecule has 0 bridgehead atoms. The van der Waals surface area contributed by atoms with Gasteiger partial charge in [-0.15, -0.1) is 48.1 Å². The number of para-hydroxylation sites is 1. The van der Waals surface area contributed by atoms with Crippen molar-refractivity contribution < 1.29 is 25.8 Å². The van der Waals surface area contributed by atoms with E-state index in [2.05, 4.69) is 156 Å². The molecule has 1 aliphatic heterocycles. The Balaban J connectivity index is 0.00000384. The number of pyridine rings is 2. The van der Waals surface area contributed by atoms with Crippen molar-refractivity contribution >= 4 is 66.1 Å². The van der Waals surface area contributed by atoms with Crippen molar-refractivity contribution in [2.75, 3.05) is 9.80 Å². The second-order valence-corrected chi connectivity index (χ2v) is 14.5. The fourth-order valence-electron chi connectivity index (χ4n) is 7.56. The van der Waals surface area contributed by atoms with Gasteiger partial charge in [0, 0.05) is 67.2 Å². The van der Waals surface area contributed by atoms with E-state index in [4.69, 9.17) is 9.72 Å². The molecule has 0 aliphatic carbocycles. The summed E-state index contributed by atoms with van der Waals surface area (Å²) in [7, 11) is 0. The molecular formula is C47H34N5OPt-3. The first kappa shape index (κ1) is 33.8. The average molecular weight is 880 g/mol. The Labute approximate surface area is 328 Å². The monoisotopic (exact) mass is 879 g/mol. The van der Waals surface area contributed by atoms with Gasteiger partial charge in [0.2, 0.25) is 0 Å². The topological polar surface area (TPSA) is 46.4 Å². The van der Waals surface area contributed by atoms with E-state index >= 15 is 0 Å². The van der Waals surface area contributed by atoms with Crippen LogP contribution in [-0.2, 0) is 26.5 Å². The van der Waals surface area contributed by atoms with Gasteiger partial charge in [-0.1, -0.05) is 93.0 Å². The van der Waals surface area contributed by atoms with Crippen molar-refractivity contribution in [3.8, 4) is 17.3 Å². The van der Waals surface area contributed by atoms with E-state index < -0.39 is 0 Å². The van der Waals surface area contributed by atoms with Crippen LogP contribution in [0.15, 0.2) is 146 Å². The van der Waals surface area contributed by atoms with Crippen LogP contribution in [0, 0.1) is 18.8 Å². The van der Waals surface area contributed by atoms with Gasteiger partial charge in [0.25, 0.3) is 0 Å². The minimum absolute atomic E-state index is 0. The van der Waals surface area contributed by atoms with E-state index in [-0.39, 0.29) is 26.5 Å². The summed E-state index contributed by atoms with van der Waals surface area (Å²) in [4.78, 5) is 13.7. The molecule has 10 rings (SSSR count). The SMILES string of the molecule is CC(C)(C)c1ccnc(-n2c3[c-]c(Oc4[c-]c(N5[CH-]N(c6cccc7c6ccc6ccccc67)c6cnccc65)ccc4)ccc3c3ccccc32)c1.[Pt]. The molecule has 0 N–H and O–H groups in total. The molecule has 54 heavy (non-hydrogen) atoms. The Morgan fingerprint density at radius 3 is 2.28 bits per heavy atom. The van der Waals surface area contributed by atoms with Gasteiger partial charge < -0.3 is 19.1 Å². The standard InChI is InChI=1S/C47H34N5O.Pt/c1-47(2,3)32-22-25-49-46(26-32)52-42-16-7-6-14-38(42)40-21-19-35(28-44(40)52)53-34-12-8-11-33(27-34)50-30-51(45-29-48-24-23-43(45)50)41-17-9-15-37-36-13-5-4-10-31(36)18-20-39(37)41;/h4-26,29-30H,1-3H3;/q-3;. The second kappa shape index (κ2) is 13.2. The fraction of sp³-hybridized carbons (Fsp3) is 0.0851. The molecule has 9 aromatic rings. The number of nitrogens with zero attached hydrogens (tertiary/aromatic N) is 5. The zero-order chi connectivity index (χ0) is 35.7. The van der Waals surface area contributed by atoms with Gasteiger partial charge in [-0.2, -0.15) is 12.1 Å². The number of rotatable bonds is 5. The van der Waals surface area contributed by atoms with Crippen LogP contribution in [0.3, 0.4) is 0 Å². The van der Waals surface area contributed by atoms with Gasteiger partial charge in [0.05, 0.1) is 11.9 Å². The third-order valence-electron chi connectivity index (χ3n) is 10.2. The molecule has 7 heteroatoms. The van der Waals surface area contributed by atoms with Gasteiger partial charge in [-0.3, -0.25) is 4.98 Å². The van der Waals surface area contributed by atoms with E-state index in [0.717, 1.165) is 50.4 Å². The summed E-state index contributed by atoms with van der Waals surface area (Å²) in [6.45, 7) is 8.78. The quantitative estimate of drug-likeness (QED) is 0.127. The summed E-state index contributed by atoms with van der Waals surface area (Å²) in [5.41, 5.74) is 7.11. The summed E-state index contributed by atoms with van der Waals surface area (Å²) in [6.07, 6.45) is 5.64. The third-order valence-corrected chi connectivity index (χ3v) is 10.2. The van der Waals surface area contributed by atoms with E-state index in [1.165, 1.54) is 27.1 Å². The van der Waals surface area contributed by atoms with Crippen LogP contribution >= 0.6 is 0 Å². The van der Waals surface area contributed by atoms with Crippen molar-refractivity contribution in [3.05, 3.63) is 170 Å². The molecule has 266 valence electrons. The number of benzene rings is 6. The molecule has 6 nitrogen and oxygen atoms in total. The normalized spacial score (nSPS) is 12.8. The van der Waals surface area contributed by atoms with Crippen LogP contribution in [0.2, 0.25) is 0 Å². The summed E-state index contributed by atoms with van der Waals surface area (Å²) in [5.74, 6) is 2.04. The predicted molar refractivity (Wildman–Crippen MR) is 216 cm³/mol. The molecule has 0 unspecified atom stereocenters. The van der Waals surface area contributed by atoms with E-state index in [9.17, 15) is 0 Å². The van der Waals surface area contributed by atoms with Crippen molar-refractivity contribution in [2.45, 2.75) is 26.2 Å². The summed E-state index contributed by atoms with van der Waals surface area (Å²) in [6, 6.07) is 51.4. The van der Waals surface area contributed by atoms with Crippen LogP contribution in [0.4, 0.5) is 22.7 Å². The van der Waals surface area contributed by atoms with E-state index in [0.29, 0.717) is 11.5 Å². The Morgan fingerprint density at radius 1 is 0.611 bits per heavy atom. The number of ether oxygens (including phenoxy) is 1. The molecule has 0 radical (unpaired) electrons. The number of aromatic nitrogens is 3.